The molecule has 0 aliphatic heterocycles. The molecule has 0 saturated heterocycles. The van der Waals surface area contributed by atoms with Crippen molar-refractivity contribution < 1.29 is 9.47 Å². The highest BCUT2D eigenvalue weighted by molar-refractivity contribution is 5.28. The molecular weight excluding hydrogens is 248 g/mol. The first-order valence-corrected chi connectivity index (χ1v) is 6.00. The number of anilines is 1. The van der Waals surface area contributed by atoms with Crippen molar-refractivity contribution in [2.75, 3.05) is 18.5 Å². The molecule has 0 amide bonds. The molecule has 0 fully saturated rings. The first kappa shape index (κ1) is 13.1. The van der Waals surface area contributed by atoms with E-state index in [-0.39, 0.29) is 12.0 Å². The Kier molecular flexibility index (Phi) is 4.11. The number of nitrogens with zero attached hydrogens (tertiary/aromatic N) is 5. The van der Waals surface area contributed by atoms with Crippen molar-refractivity contribution in [2.24, 2.45) is 7.05 Å². The van der Waals surface area contributed by atoms with E-state index in [0.717, 1.165) is 0 Å². The van der Waals surface area contributed by atoms with Crippen molar-refractivity contribution in [3.05, 3.63) is 12.4 Å². The van der Waals surface area contributed by atoms with E-state index in [2.05, 4.69) is 25.4 Å². The lowest BCUT2D eigenvalue weighted by Crippen LogP contribution is -2.07. The average Bonchev–Trinajstić information content (AvgIpc) is 2.75. The highest BCUT2D eigenvalue weighted by Gasteiger charge is 2.09. The van der Waals surface area contributed by atoms with Gasteiger partial charge in [-0.15, -0.1) is 4.98 Å². The van der Waals surface area contributed by atoms with Gasteiger partial charge in [0, 0.05) is 13.6 Å². The first-order valence-electron chi connectivity index (χ1n) is 6.00. The van der Waals surface area contributed by atoms with Crippen LogP contribution >= 0.6 is 0 Å². The predicted molar refractivity (Wildman–Crippen MR) is 68.4 cm³/mol. The summed E-state index contributed by atoms with van der Waals surface area (Å²) < 4.78 is 12.4. The van der Waals surface area contributed by atoms with Gasteiger partial charge < -0.3 is 14.8 Å². The smallest absolute Gasteiger partial charge is 0.330 e. The second-order valence-corrected chi connectivity index (χ2v) is 3.64. The van der Waals surface area contributed by atoms with Gasteiger partial charge in [-0.2, -0.15) is 15.1 Å². The Labute approximate surface area is 110 Å². The Bertz CT molecular complexity index is 517. The van der Waals surface area contributed by atoms with Crippen LogP contribution in [0.15, 0.2) is 12.4 Å². The van der Waals surface area contributed by atoms with Gasteiger partial charge in [-0.3, -0.25) is 4.68 Å². The van der Waals surface area contributed by atoms with Crippen LogP contribution in [0.5, 0.6) is 17.8 Å². The number of nitrogens with one attached hydrogen (secondary N) is 1. The van der Waals surface area contributed by atoms with Crippen molar-refractivity contribution in [3.8, 4) is 17.8 Å². The van der Waals surface area contributed by atoms with Crippen molar-refractivity contribution >= 4 is 5.95 Å². The van der Waals surface area contributed by atoms with Crippen LogP contribution in [-0.4, -0.2) is 37.9 Å². The van der Waals surface area contributed by atoms with Gasteiger partial charge >= 0.3 is 12.0 Å². The SMILES string of the molecule is CCNc1nc(OCC)nc(Oc2cnn(C)c2)n1. The molecule has 0 spiro atoms. The van der Waals surface area contributed by atoms with Crippen LogP contribution in [0.4, 0.5) is 5.95 Å². The summed E-state index contributed by atoms with van der Waals surface area (Å²) in [6.07, 6.45) is 3.30. The summed E-state index contributed by atoms with van der Waals surface area (Å²) in [7, 11) is 1.80. The van der Waals surface area contributed by atoms with Crippen molar-refractivity contribution in [2.45, 2.75) is 13.8 Å². The minimum absolute atomic E-state index is 0.169. The van der Waals surface area contributed by atoms with E-state index < -0.39 is 0 Å². The summed E-state index contributed by atoms with van der Waals surface area (Å²) in [5.41, 5.74) is 0. The van der Waals surface area contributed by atoms with Gasteiger partial charge in [-0.05, 0) is 13.8 Å². The standard InChI is InChI=1S/C11H16N6O2/c1-4-12-9-14-10(18-5-2)16-11(15-9)19-8-6-13-17(3)7-8/h6-7H,4-5H2,1-3H3,(H,12,14,15,16). The molecular formula is C11H16N6O2. The Balaban J connectivity index is 2.22. The van der Waals surface area contributed by atoms with Crippen LogP contribution in [-0.2, 0) is 7.05 Å². The monoisotopic (exact) mass is 264 g/mol. The molecule has 8 nitrogen and oxygen atoms in total. The van der Waals surface area contributed by atoms with Gasteiger partial charge in [-0.25, -0.2) is 0 Å². The summed E-state index contributed by atoms with van der Waals surface area (Å²) in [4.78, 5) is 12.3. The van der Waals surface area contributed by atoms with Gasteiger partial charge in [0.15, 0.2) is 5.75 Å². The number of aryl methyl sites for hydroxylation is 1. The lowest BCUT2D eigenvalue weighted by Gasteiger charge is -2.07. The maximum Gasteiger partial charge on any atom is 0.330 e. The highest BCUT2D eigenvalue weighted by atomic mass is 16.5. The van der Waals surface area contributed by atoms with Crippen LogP contribution < -0.4 is 14.8 Å². The third-order valence-corrected chi connectivity index (χ3v) is 2.09. The molecule has 102 valence electrons. The number of ether oxygens (including phenoxy) is 2. The van der Waals surface area contributed by atoms with Crippen LogP contribution in [0.2, 0.25) is 0 Å². The van der Waals surface area contributed by atoms with Crippen molar-refractivity contribution in [1.29, 1.82) is 0 Å². The highest BCUT2D eigenvalue weighted by Crippen LogP contribution is 2.19. The Morgan fingerprint density at radius 1 is 1.21 bits per heavy atom. The fourth-order valence-corrected chi connectivity index (χ4v) is 1.37. The molecule has 2 rings (SSSR count). The molecule has 0 radical (unpaired) electrons. The molecule has 2 aromatic rings. The van der Waals surface area contributed by atoms with Crippen LogP contribution in [0.3, 0.4) is 0 Å². The van der Waals surface area contributed by atoms with Gasteiger partial charge in [-0.1, -0.05) is 0 Å². The lowest BCUT2D eigenvalue weighted by molar-refractivity contribution is 0.304. The zero-order valence-electron chi connectivity index (χ0n) is 11.1. The maximum absolute atomic E-state index is 5.51. The Morgan fingerprint density at radius 3 is 2.63 bits per heavy atom. The van der Waals surface area contributed by atoms with E-state index in [1.807, 2.05) is 13.8 Å². The van der Waals surface area contributed by atoms with Gasteiger partial charge in [0.1, 0.15) is 0 Å². The average molecular weight is 264 g/mol. The molecule has 0 aromatic carbocycles. The molecule has 0 aliphatic rings. The van der Waals surface area contributed by atoms with E-state index in [1.54, 1.807) is 24.1 Å². The topological polar surface area (TPSA) is 87.0 Å². The fourth-order valence-electron chi connectivity index (χ4n) is 1.37. The van der Waals surface area contributed by atoms with E-state index >= 15 is 0 Å². The van der Waals surface area contributed by atoms with E-state index in [0.29, 0.717) is 24.8 Å². The third-order valence-electron chi connectivity index (χ3n) is 2.09. The third kappa shape index (κ3) is 3.54. The summed E-state index contributed by atoms with van der Waals surface area (Å²) in [5, 5.41) is 7.00. The minimum atomic E-state index is 0.169. The molecule has 8 heteroatoms. The normalized spacial score (nSPS) is 10.3. The molecule has 0 saturated carbocycles. The fraction of sp³-hybridized carbons (Fsp3) is 0.455. The van der Waals surface area contributed by atoms with Crippen molar-refractivity contribution in [3.63, 3.8) is 0 Å². The Hall–Kier alpha value is -2.38. The van der Waals surface area contributed by atoms with Crippen LogP contribution in [0.25, 0.3) is 0 Å². The second-order valence-electron chi connectivity index (χ2n) is 3.64. The number of rotatable bonds is 6. The lowest BCUT2D eigenvalue weighted by atomic mass is 10.6. The molecule has 2 aromatic heterocycles. The number of hydrogen-bond donors (Lipinski definition) is 1. The molecule has 1 N–H and O–H groups in total. The molecule has 0 unspecified atom stereocenters. The number of hydrogen-bond acceptors (Lipinski definition) is 7. The van der Waals surface area contributed by atoms with Gasteiger partial charge in [0.2, 0.25) is 5.95 Å². The van der Waals surface area contributed by atoms with E-state index in [1.165, 1.54) is 0 Å². The first-order chi connectivity index (χ1) is 9.21. The zero-order chi connectivity index (χ0) is 13.7. The molecule has 19 heavy (non-hydrogen) atoms. The summed E-state index contributed by atoms with van der Waals surface area (Å²) in [5.74, 6) is 0.971. The molecule has 0 atom stereocenters. The van der Waals surface area contributed by atoms with Crippen molar-refractivity contribution in [1.82, 2.24) is 24.7 Å². The van der Waals surface area contributed by atoms with Gasteiger partial charge in [0.05, 0.1) is 19.0 Å². The van der Waals surface area contributed by atoms with Crippen LogP contribution in [0.1, 0.15) is 13.8 Å². The largest absolute Gasteiger partial charge is 0.464 e. The second kappa shape index (κ2) is 5.98. The summed E-state index contributed by atoms with van der Waals surface area (Å²) >= 11 is 0. The minimum Gasteiger partial charge on any atom is -0.464 e. The predicted octanol–water partition coefficient (Wildman–Crippen LogP) is 1.23. The zero-order valence-corrected chi connectivity index (χ0v) is 11.1. The molecule has 0 aliphatic carbocycles. The summed E-state index contributed by atoms with van der Waals surface area (Å²) in [6, 6.07) is 0.398. The quantitative estimate of drug-likeness (QED) is 0.839. The summed E-state index contributed by atoms with van der Waals surface area (Å²) in [6.45, 7) is 4.98. The van der Waals surface area contributed by atoms with Crippen LogP contribution in [0, 0.1) is 0 Å². The number of aromatic nitrogens is 5. The van der Waals surface area contributed by atoms with E-state index in [4.69, 9.17) is 9.47 Å². The van der Waals surface area contributed by atoms with E-state index in [9.17, 15) is 0 Å². The van der Waals surface area contributed by atoms with Gasteiger partial charge in [0.25, 0.3) is 0 Å². The molecule has 0 bridgehead atoms. The molecule has 2 heterocycles. The Morgan fingerprint density at radius 2 is 2.00 bits per heavy atom. The maximum atomic E-state index is 5.51.